The van der Waals surface area contributed by atoms with Crippen LogP contribution in [0.4, 0.5) is 5.69 Å². The molecule has 0 amide bonds. The molecule has 0 saturated carbocycles. The van der Waals surface area contributed by atoms with E-state index in [2.05, 4.69) is 4.98 Å². The van der Waals surface area contributed by atoms with Crippen LogP contribution in [-0.2, 0) is 0 Å². The lowest BCUT2D eigenvalue weighted by atomic mass is 10.1. The molecule has 4 heteroatoms. The second kappa shape index (κ2) is 3.36. The van der Waals surface area contributed by atoms with Crippen molar-refractivity contribution in [1.29, 1.82) is 0 Å². The van der Waals surface area contributed by atoms with E-state index >= 15 is 0 Å². The molecule has 2 heterocycles. The van der Waals surface area contributed by atoms with E-state index in [1.807, 2.05) is 16.8 Å². The average Bonchev–Trinajstić information content (AvgIpc) is 2.56. The standard InChI is InChI=1S/C9H7ClN2S/c10-9-3-8(11)7(4-12-9)6-1-2-13-5-6/h1-5H,(H2,11,12). The van der Waals surface area contributed by atoms with Crippen LogP contribution in [0.15, 0.2) is 29.1 Å². The van der Waals surface area contributed by atoms with Crippen molar-refractivity contribution in [3.8, 4) is 11.1 Å². The van der Waals surface area contributed by atoms with Gasteiger partial charge in [0.1, 0.15) is 5.15 Å². The van der Waals surface area contributed by atoms with E-state index in [0.29, 0.717) is 10.8 Å². The molecule has 66 valence electrons. The van der Waals surface area contributed by atoms with E-state index in [-0.39, 0.29) is 0 Å². The molecule has 0 aromatic carbocycles. The molecule has 0 saturated heterocycles. The second-order valence-corrected chi connectivity index (χ2v) is 3.77. The first-order chi connectivity index (χ1) is 6.27. The summed E-state index contributed by atoms with van der Waals surface area (Å²) >= 11 is 7.32. The minimum atomic E-state index is 0.427. The molecule has 0 unspecified atom stereocenters. The molecular formula is C9H7ClN2S. The Morgan fingerprint density at radius 2 is 2.31 bits per heavy atom. The largest absolute Gasteiger partial charge is 0.398 e. The fraction of sp³-hybridized carbons (Fsp3) is 0. The van der Waals surface area contributed by atoms with Gasteiger partial charge in [0.15, 0.2) is 0 Å². The highest BCUT2D eigenvalue weighted by atomic mass is 35.5. The molecule has 2 aromatic rings. The Labute approximate surface area is 85.0 Å². The average molecular weight is 211 g/mol. The quantitative estimate of drug-likeness (QED) is 0.735. The van der Waals surface area contributed by atoms with Crippen LogP contribution in [0.3, 0.4) is 0 Å². The highest BCUT2D eigenvalue weighted by Gasteiger charge is 2.03. The molecule has 0 fully saturated rings. The predicted octanol–water partition coefficient (Wildman–Crippen LogP) is 3.05. The molecule has 2 N–H and O–H groups in total. The first-order valence-corrected chi connectivity index (χ1v) is 5.03. The van der Waals surface area contributed by atoms with Gasteiger partial charge in [-0.1, -0.05) is 11.6 Å². The van der Waals surface area contributed by atoms with Crippen molar-refractivity contribution in [2.75, 3.05) is 5.73 Å². The van der Waals surface area contributed by atoms with Crippen LogP contribution in [0, 0.1) is 0 Å². The van der Waals surface area contributed by atoms with Gasteiger partial charge in [-0.2, -0.15) is 11.3 Å². The number of aromatic nitrogens is 1. The van der Waals surface area contributed by atoms with Gasteiger partial charge >= 0.3 is 0 Å². The van der Waals surface area contributed by atoms with Gasteiger partial charge in [0.2, 0.25) is 0 Å². The smallest absolute Gasteiger partial charge is 0.131 e. The number of thiophene rings is 1. The minimum Gasteiger partial charge on any atom is -0.398 e. The summed E-state index contributed by atoms with van der Waals surface area (Å²) in [6.07, 6.45) is 1.69. The highest BCUT2D eigenvalue weighted by molar-refractivity contribution is 7.08. The number of anilines is 1. The Balaban J connectivity index is 2.53. The Bertz CT molecular complexity index is 412. The maximum Gasteiger partial charge on any atom is 0.131 e. The second-order valence-electron chi connectivity index (χ2n) is 2.61. The number of pyridine rings is 1. The first kappa shape index (κ1) is 8.53. The SMILES string of the molecule is Nc1cc(Cl)ncc1-c1ccsc1. The van der Waals surface area contributed by atoms with Crippen molar-refractivity contribution in [2.24, 2.45) is 0 Å². The zero-order valence-corrected chi connectivity index (χ0v) is 8.27. The lowest BCUT2D eigenvalue weighted by molar-refractivity contribution is 1.33. The molecule has 0 radical (unpaired) electrons. The molecule has 2 aromatic heterocycles. The summed E-state index contributed by atoms with van der Waals surface area (Å²) in [6.45, 7) is 0. The van der Waals surface area contributed by atoms with Crippen LogP contribution >= 0.6 is 22.9 Å². The number of halogens is 1. The van der Waals surface area contributed by atoms with Crippen molar-refractivity contribution in [2.45, 2.75) is 0 Å². The molecule has 0 aliphatic rings. The molecule has 0 aliphatic carbocycles. The zero-order chi connectivity index (χ0) is 9.26. The van der Waals surface area contributed by atoms with Gasteiger partial charge in [-0.05, 0) is 28.5 Å². The van der Waals surface area contributed by atoms with Crippen molar-refractivity contribution in [1.82, 2.24) is 4.98 Å². The minimum absolute atomic E-state index is 0.427. The Hall–Kier alpha value is -1.06. The predicted molar refractivity (Wildman–Crippen MR) is 57.0 cm³/mol. The van der Waals surface area contributed by atoms with Gasteiger partial charge in [0.25, 0.3) is 0 Å². The molecule has 0 aliphatic heterocycles. The topological polar surface area (TPSA) is 38.9 Å². The number of nitrogens with zero attached hydrogens (tertiary/aromatic N) is 1. The van der Waals surface area contributed by atoms with Crippen LogP contribution in [0.5, 0.6) is 0 Å². The maximum absolute atomic E-state index is 5.79. The summed E-state index contributed by atoms with van der Waals surface area (Å²) < 4.78 is 0. The van der Waals surface area contributed by atoms with Gasteiger partial charge in [-0.3, -0.25) is 0 Å². The summed E-state index contributed by atoms with van der Waals surface area (Å²) in [6, 6.07) is 3.67. The van der Waals surface area contributed by atoms with Crippen molar-refractivity contribution in [3.63, 3.8) is 0 Å². The molecule has 2 nitrogen and oxygen atoms in total. The normalized spacial score (nSPS) is 10.2. The van der Waals surface area contributed by atoms with Crippen molar-refractivity contribution >= 4 is 28.6 Å². The van der Waals surface area contributed by atoms with E-state index in [1.54, 1.807) is 23.6 Å². The Kier molecular flexibility index (Phi) is 2.20. The van der Waals surface area contributed by atoms with Crippen molar-refractivity contribution < 1.29 is 0 Å². The van der Waals surface area contributed by atoms with E-state index in [4.69, 9.17) is 17.3 Å². The van der Waals surface area contributed by atoms with Gasteiger partial charge in [-0.25, -0.2) is 4.98 Å². The van der Waals surface area contributed by atoms with Gasteiger partial charge in [-0.15, -0.1) is 0 Å². The third-order valence-corrected chi connectivity index (χ3v) is 2.62. The van der Waals surface area contributed by atoms with Gasteiger partial charge in [0.05, 0.1) is 0 Å². The van der Waals surface area contributed by atoms with E-state index in [1.165, 1.54) is 0 Å². The van der Waals surface area contributed by atoms with E-state index in [0.717, 1.165) is 11.1 Å². The fourth-order valence-corrected chi connectivity index (χ4v) is 1.93. The summed E-state index contributed by atoms with van der Waals surface area (Å²) in [4.78, 5) is 3.99. The Morgan fingerprint density at radius 3 is 2.92 bits per heavy atom. The van der Waals surface area contributed by atoms with E-state index in [9.17, 15) is 0 Å². The summed E-state index contributed by atoms with van der Waals surface area (Å²) in [7, 11) is 0. The molecule has 0 atom stereocenters. The van der Waals surface area contributed by atoms with Crippen LogP contribution < -0.4 is 5.73 Å². The Morgan fingerprint density at radius 1 is 1.46 bits per heavy atom. The van der Waals surface area contributed by atoms with Crippen LogP contribution in [0.25, 0.3) is 11.1 Å². The molecule has 0 bridgehead atoms. The zero-order valence-electron chi connectivity index (χ0n) is 6.70. The fourth-order valence-electron chi connectivity index (χ4n) is 1.10. The lowest BCUT2D eigenvalue weighted by Gasteiger charge is -2.01. The monoisotopic (exact) mass is 210 g/mol. The third-order valence-electron chi connectivity index (χ3n) is 1.73. The number of rotatable bonds is 1. The number of nitrogen functional groups attached to an aromatic ring is 1. The summed E-state index contributed by atoms with van der Waals surface area (Å²) in [5, 5.41) is 4.46. The summed E-state index contributed by atoms with van der Waals surface area (Å²) in [5.74, 6) is 0. The van der Waals surface area contributed by atoms with Crippen LogP contribution in [-0.4, -0.2) is 4.98 Å². The van der Waals surface area contributed by atoms with Gasteiger partial charge < -0.3 is 5.73 Å². The lowest BCUT2D eigenvalue weighted by Crippen LogP contribution is -1.90. The highest BCUT2D eigenvalue weighted by Crippen LogP contribution is 2.28. The molecule has 0 spiro atoms. The molecule has 2 rings (SSSR count). The van der Waals surface area contributed by atoms with Crippen LogP contribution in [0.1, 0.15) is 0 Å². The maximum atomic E-state index is 5.79. The molecule has 13 heavy (non-hydrogen) atoms. The molecular weight excluding hydrogens is 204 g/mol. The van der Waals surface area contributed by atoms with Crippen molar-refractivity contribution in [3.05, 3.63) is 34.2 Å². The first-order valence-electron chi connectivity index (χ1n) is 3.71. The van der Waals surface area contributed by atoms with E-state index < -0.39 is 0 Å². The summed E-state index contributed by atoms with van der Waals surface area (Å²) in [5.41, 5.74) is 8.48. The third kappa shape index (κ3) is 1.66. The van der Waals surface area contributed by atoms with Gasteiger partial charge in [0, 0.05) is 17.4 Å². The van der Waals surface area contributed by atoms with Crippen LogP contribution in [0.2, 0.25) is 5.15 Å². The number of hydrogen-bond donors (Lipinski definition) is 1. The number of nitrogens with two attached hydrogens (primary N) is 1. The number of hydrogen-bond acceptors (Lipinski definition) is 3.